The second kappa shape index (κ2) is 7.79. The van der Waals surface area contributed by atoms with E-state index in [1.165, 1.54) is 5.57 Å². The van der Waals surface area contributed by atoms with Crippen LogP contribution in [0, 0.1) is 16.0 Å². The molecule has 1 aromatic carbocycles. The van der Waals surface area contributed by atoms with Crippen molar-refractivity contribution in [2.24, 2.45) is 5.92 Å². The lowest BCUT2D eigenvalue weighted by Crippen LogP contribution is -2.45. The smallest absolute Gasteiger partial charge is 0.294 e. The molecule has 0 spiro atoms. The van der Waals surface area contributed by atoms with E-state index in [9.17, 15) is 15.2 Å². The molecule has 0 bridgehead atoms. The quantitative estimate of drug-likeness (QED) is 0.316. The van der Waals surface area contributed by atoms with Crippen LogP contribution in [0.5, 0.6) is 11.5 Å². The van der Waals surface area contributed by atoms with E-state index < -0.39 is 5.09 Å². The number of hydrogen-bond donors (Lipinski definition) is 1. The molecule has 6 heteroatoms. The van der Waals surface area contributed by atoms with Gasteiger partial charge in [-0.15, -0.1) is 10.1 Å². The molecule has 0 radical (unpaired) electrons. The fourth-order valence-electron chi connectivity index (χ4n) is 4.47. The number of nitrogens with zero attached hydrogens (tertiary/aromatic N) is 1. The zero-order chi connectivity index (χ0) is 19.6. The molecule has 0 aromatic heterocycles. The first-order valence-electron chi connectivity index (χ1n) is 9.77. The van der Waals surface area contributed by atoms with Gasteiger partial charge in [-0.25, -0.2) is 0 Å². The van der Waals surface area contributed by atoms with Crippen molar-refractivity contribution in [1.82, 2.24) is 0 Å². The van der Waals surface area contributed by atoms with Gasteiger partial charge in [-0.3, -0.25) is 0 Å². The SMILES string of the molecule is CC1=CC2c3c(O)cc(CCCCCO[N+](=O)[O-])cc3OC(C)(C)C2CC1. The Hall–Kier alpha value is -2.24. The Kier molecular flexibility index (Phi) is 5.63. The van der Waals surface area contributed by atoms with Crippen LogP contribution in [0.4, 0.5) is 0 Å². The Morgan fingerprint density at radius 2 is 2.11 bits per heavy atom. The highest BCUT2D eigenvalue weighted by molar-refractivity contribution is 5.53. The average molecular weight is 375 g/mol. The first-order chi connectivity index (χ1) is 12.8. The number of phenols is 1. The van der Waals surface area contributed by atoms with Gasteiger partial charge >= 0.3 is 0 Å². The maximum Gasteiger partial charge on any atom is 0.294 e. The molecule has 0 amide bonds. The van der Waals surface area contributed by atoms with E-state index in [-0.39, 0.29) is 18.1 Å². The lowest BCUT2D eigenvalue weighted by atomic mass is 9.68. The molecule has 3 rings (SSSR count). The van der Waals surface area contributed by atoms with Crippen LogP contribution < -0.4 is 4.74 Å². The van der Waals surface area contributed by atoms with E-state index in [4.69, 9.17) is 4.74 Å². The molecule has 1 aromatic rings. The van der Waals surface area contributed by atoms with Crippen molar-refractivity contribution in [2.75, 3.05) is 6.61 Å². The summed E-state index contributed by atoms with van der Waals surface area (Å²) in [5.74, 6) is 1.67. The normalized spacial score (nSPS) is 22.9. The van der Waals surface area contributed by atoms with Gasteiger partial charge in [0.05, 0.1) is 6.61 Å². The summed E-state index contributed by atoms with van der Waals surface area (Å²) in [6.45, 7) is 6.57. The van der Waals surface area contributed by atoms with Gasteiger partial charge in [0.2, 0.25) is 0 Å². The van der Waals surface area contributed by atoms with Gasteiger partial charge in [0, 0.05) is 17.4 Å². The molecule has 2 aliphatic rings. The number of benzene rings is 1. The van der Waals surface area contributed by atoms with Gasteiger partial charge in [0.25, 0.3) is 5.09 Å². The summed E-state index contributed by atoms with van der Waals surface area (Å²) >= 11 is 0. The number of rotatable bonds is 7. The fourth-order valence-corrected chi connectivity index (χ4v) is 4.47. The van der Waals surface area contributed by atoms with Crippen molar-refractivity contribution in [3.05, 3.63) is 45.0 Å². The molecule has 6 nitrogen and oxygen atoms in total. The van der Waals surface area contributed by atoms with E-state index in [2.05, 4.69) is 37.8 Å². The molecule has 0 fully saturated rings. The van der Waals surface area contributed by atoms with E-state index in [0.717, 1.165) is 49.0 Å². The molecule has 1 N–H and O–H groups in total. The molecular formula is C21H29NO5. The third-order valence-corrected chi connectivity index (χ3v) is 5.83. The fraction of sp³-hybridized carbons (Fsp3) is 0.619. The van der Waals surface area contributed by atoms with Crippen molar-refractivity contribution in [2.45, 2.75) is 70.8 Å². The predicted octanol–water partition coefficient (Wildman–Crippen LogP) is 4.92. The highest BCUT2D eigenvalue weighted by atomic mass is 16.9. The van der Waals surface area contributed by atoms with Crippen LogP contribution in [0.25, 0.3) is 0 Å². The van der Waals surface area contributed by atoms with Gasteiger partial charge in [-0.1, -0.05) is 18.1 Å². The largest absolute Gasteiger partial charge is 0.507 e. The monoisotopic (exact) mass is 375 g/mol. The molecule has 0 saturated carbocycles. The van der Waals surface area contributed by atoms with Crippen molar-refractivity contribution in [3.8, 4) is 11.5 Å². The summed E-state index contributed by atoms with van der Waals surface area (Å²) in [6.07, 6.45) is 7.63. The highest BCUT2D eigenvalue weighted by Gasteiger charge is 2.45. The number of allylic oxidation sites excluding steroid dienone is 2. The topological polar surface area (TPSA) is 81.8 Å². The number of unbranched alkanes of at least 4 members (excludes halogenated alkanes) is 2. The molecule has 27 heavy (non-hydrogen) atoms. The maximum atomic E-state index is 10.7. The van der Waals surface area contributed by atoms with Gasteiger partial charge in [0.15, 0.2) is 0 Å². The Bertz CT molecular complexity index is 740. The summed E-state index contributed by atoms with van der Waals surface area (Å²) < 4.78 is 6.33. The van der Waals surface area contributed by atoms with E-state index in [1.807, 2.05) is 6.07 Å². The lowest BCUT2D eigenvalue weighted by Gasteiger charge is -2.46. The third kappa shape index (κ3) is 4.37. The number of phenolic OH excluding ortho intramolecular Hbond substituents is 1. The van der Waals surface area contributed by atoms with Gasteiger partial charge < -0.3 is 14.7 Å². The van der Waals surface area contributed by atoms with Crippen LogP contribution in [0.2, 0.25) is 0 Å². The molecule has 2 atom stereocenters. The van der Waals surface area contributed by atoms with Crippen molar-refractivity contribution < 1.29 is 19.8 Å². The van der Waals surface area contributed by atoms with Crippen LogP contribution in [-0.2, 0) is 11.3 Å². The Balaban J connectivity index is 1.72. The lowest BCUT2D eigenvalue weighted by molar-refractivity contribution is -0.757. The van der Waals surface area contributed by atoms with Gasteiger partial charge in [-0.2, -0.15) is 0 Å². The second-order valence-corrected chi connectivity index (χ2v) is 8.28. The first kappa shape index (κ1) is 19.5. The van der Waals surface area contributed by atoms with Crippen LogP contribution in [0.15, 0.2) is 23.8 Å². The van der Waals surface area contributed by atoms with E-state index in [1.54, 1.807) is 0 Å². The van der Waals surface area contributed by atoms with Crippen LogP contribution in [0.3, 0.4) is 0 Å². The molecule has 1 aliphatic heterocycles. The van der Waals surface area contributed by atoms with Crippen LogP contribution >= 0.6 is 0 Å². The molecular weight excluding hydrogens is 346 g/mol. The van der Waals surface area contributed by atoms with Gasteiger partial charge in [0.1, 0.15) is 17.1 Å². The Labute approximate surface area is 160 Å². The Morgan fingerprint density at radius 3 is 2.85 bits per heavy atom. The molecule has 148 valence electrons. The number of aromatic hydroxyl groups is 1. The summed E-state index contributed by atoms with van der Waals surface area (Å²) in [4.78, 5) is 14.5. The van der Waals surface area contributed by atoms with Crippen molar-refractivity contribution in [3.63, 3.8) is 0 Å². The highest BCUT2D eigenvalue weighted by Crippen LogP contribution is 2.53. The first-order valence-corrected chi connectivity index (χ1v) is 9.77. The van der Waals surface area contributed by atoms with E-state index >= 15 is 0 Å². The minimum absolute atomic E-state index is 0.133. The summed E-state index contributed by atoms with van der Waals surface area (Å²) in [5.41, 5.74) is 3.06. The molecule has 1 heterocycles. The zero-order valence-electron chi connectivity index (χ0n) is 16.4. The summed E-state index contributed by atoms with van der Waals surface area (Å²) in [6, 6.07) is 3.90. The number of hydrogen-bond acceptors (Lipinski definition) is 5. The number of aryl methyl sites for hydroxylation is 1. The van der Waals surface area contributed by atoms with Crippen LogP contribution in [-0.4, -0.2) is 22.4 Å². The van der Waals surface area contributed by atoms with E-state index in [0.29, 0.717) is 18.1 Å². The van der Waals surface area contributed by atoms with Gasteiger partial charge in [-0.05, 0) is 70.6 Å². The minimum atomic E-state index is -0.755. The van der Waals surface area contributed by atoms with Crippen molar-refractivity contribution >= 4 is 0 Å². The third-order valence-electron chi connectivity index (χ3n) is 5.83. The number of fused-ring (bicyclic) bond motifs is 3. The molecule has 2 unspecified atom stereocenters. The predicted molar refractivity (Wildman–Crippen MR) is 103 cm³/mol. The maximum absolute atomic E-state index is 10.7. The standard InChI is InChI=1S/C21H29NO5/c1-14-8-9-17-16(11-14)20-18(23)12-15(13-19(20)27-21(17,2)3)7-5-4-6-10-26-22(24)25/h11-13,16-17,23H,4-10H2,1-3H3. The second-order valence-electron chi connectivity index (χ2n) is 8.28. The minimum Gasteiger partial charge on any atom is -0.507 e. The Morgan fingerprint density at radius 1 is 1.33 bits per heavy atom. The van der Waals surface area contributed by atoms with Crippen molar-refractivity contribution in [1.29, 1.82) is 0 Å². The summed E-state index contributed by atoms with van der Waals surface area (Å²) in [7, 11) is 0. The molecule has 0 saturated heterocycles. The zero-order valence-corrected chi connectivity index (χ0v) is 16.4. The number of ether oxygens (including phenoxy) is 1. The summed E-state index contributed by atoms with van der Waals surface area (Å²) in [5, 5.41) is 20.1. The molecule has 1 aliphatic carbocycles. The van der Waals surface area contributed by atoms with Crippen LogP contribution in [0.1, 0.15) is 69.9 Å². The average Bonchev–Trinajstić information content (AvgIpc) is 2.56.